The SMILES string of the molecule is C=CCSCCNS(=O)(=O)N1CCC(C(=O)O)CC1. The Morgan fingerprint density at radius 2 is 2.11 bits per heavy atom. The van der Waals surface area contributed by atoms with E-state index in [1.807, 2.05) is 0 Å². The van der Waals surface area contributed by atoms with Crippen LogP contribution in [-0.2, 0) is 15.0 Å². The molecule has 0 radical (unpaired) electrons. The van der Waals surface area contributed by atoms with Crippen LogP contribution in [0.4, 0.5) is 0 Å². The number of nitrogens with zero attached hydrogens (tertiary/aromatic N) is 1. The molecule has 0 amide bonds. The second-order valence-electron chi connectivity index (χ2n) is 4.27. The average Bonchev–Trinajstić information content (AvgIpc) is 2.38. The zero-order chi connectivity index (χ0) is 14.3. The van der Waals surface area contributed by atoms with Gasteiger partial charge in [0, 0.05) is 31.1 Å². The van der Waals surface area contributed by atoms with E-state index in [2.05, 4.69) is 11.3 Å². The molecule has 1 aliphatic rings. The molecule has 0 spiro atoms. The molecule has 0 unspecified atom stereocenters. The summed E-state index contributed by atoms with van der Waals surface area (Å²) >= 11 is 1.60. The highest BCUT2D eigenvalue weighted by Crippen LogP contribution is 2.19. The molecular weight excluding hydrogens is 288 g/mol. The van der Waals surface area contributed by atoms with E-state index in [-0.39, 0.29) is 13.1 Å². The fraction of sp³-hybridized carbons (Fsp3) is 0.727. The van der Waals surface area contributed by atoms with Gasteiger partial charge in [-0.2, -0.15) is 24.5 Å². The van der Waals surface area contributed by atoms with Crippen LogP contribution in [0, 0.1) is 5.92 Å². The Morgan fingerprint density at radius 1 is 1.47 bits per heavy atom. The van der Waals surface area contributed by atoms with Gasteiger partial charge in [0.1, 0.15) is 0 Å². The summed E-state index contributed by atoms with van der Waals surface area (Å²) in [6, 6.07) is 0. The summed E-state index contributed by atoms with van der Waals surface area (Å²) in [6.07, 6.45) is 2.53. The van der Waals surface area contributed by atoms with Crippen LogP contribution in [0.3, 0.4) is 0 Å². The van der Waals surface area contributed by atoms with Gasteiger partial charge in [-0.3, -0.25) is 4.79 Å². The summed E-state index contributed by atoms with van der Waals surface area (Å²) in [5.41, 5.74) is 0. The van der Waals surface area contributed by atoms with Crippen LogP contribution < -0.4 is 4.72 Å². The third-order valence-corrected chi connectivity index (χ3v) is 5.49. The number of hydrogen-bond acceptors (Lipinski definition) is 4. The summed E-state index contributed by atoms with van der Waals surface area (Å²) in [5.74, 6) is 0.225. The van der Waals surface area contributed by atoms with Gasteiger partial charge in [0.15, 0.2) is 0 Å². The van der Waals surface area contributed by atoms with Crippen LogP contribution in [0.1, 0.15) is 12.8 Å². The van der Waals surface area contributed by atoms with Gasteiger partial charge in [-0.15, -0.1) is 6.58 Å². The molecule has 0 atom stereocenters. The minimum Gasteiger partial charge on any atom is -0.481 e. The number of aliphatic carboxylic acids is 1. The third-order valence-electron chi connectivity index (χ3n) is 2.91. The van der Waals surface area contributed by atoms with Gasteiger partial charge >= 0.3 is 5.97 Å². The molecule has 0 aliphatic carbocycles. The van der Waals surface area contributed by atoms with Gasteiger partial charge in [0.25, 0.3) is 10.2 Å². The van der Waals surface area contributed by atoms with E-state index in [0.717, 1.165) is 5.75 Å². The van der Waals surface area contributed by atoms with Crippen molar-refractivity contribution in [2.24, 2.45) is 5.92 Å². The van der Waals surface area contributed by atoms with Crippen molar-refractivity contribution in [2.45, 2.75) is 12.8 Å². The number of carbonyl (C=O) groups is 1. The molecule has 19 heavy (non-hydrogen) atoms. The van der Waals surface area contributed by atoms with Crippen molar-refractivity contribution in [1.82, 2.24) is 9.03 Å². The number of rotatable bonds is 8. The van der Waals surface area contributed by atoms with E-state index < -0.39 is 22.1 Å². The first-order valence-electron chi connectivity index (χ1n) is 6.13. The lowest BCUT2D eigenvalue weighted by atomic mass is 9.99. The number of hydrogen-bond donors (Lipinski definition) is 2. The van der Waals surface area contributed by atoms with E-state index in [4.69, 9.17) is 5.11 Å². The number of nitrogens with one attached hydrogen (secondary N) is 1. The van der Waals surface area contributed by atoms with E-state index >= 15 is 0 Å². The van der Waals surface area contributed by atoms with Gasteiger partial charge < -0.3 is 5.11 Å². The molecule has 0 aromatic heterocycles. The van der Waals surface area contributed by atoms with Crippen LogP contribution in [0.15, 0.2) is 12.7 Å². The van der Waals surface area contributed by atoms with Crippen molar-refractivity contribution in [3.05, 3.63) is 12.7 Å². The van der Waals surface area contributed by atoms with Gasteiger partial charge in [0.2, 0.25) is 0 Å². The summed E-state index contributed by atoms with van der Waals surface area (Å²) in [4.78, 5) is 10.8. The van der Waals surface area contributed by atoms with Gasteiger partial charge in [-0.05, 0) is 12.8 Å². The quantitative estimate of drug-likeness (QED) is 0.505. The molecule has 1 aliphatic heterocycles. The standard InChI is InChI=1S/C11H20N2O4S2/c1-2-8-18-9-5-12-19(16,17)13-6-3-10(4-7-13)11(14)15/h2,10,12H,1,3-9H2,(H,14,15). The van der Waals surface area contributed by atoms with Crippen molar-refractivity contribution < 1.29 is 18.3 Å². The van der Waals surface area contributed by atoms with Crippen LogP contribution in [0.2, 0.25) is 0 Å². The third kappa shape index (κ3) is 5.52. The van der Waals surface area contributed by atoms with Gasteiger partial charge in [-0.1, -0.05) is 6.08 Å². The summed E-state index contributed by atoms with van der Waals surface area (Å²) in [6.45, 7) is 4.50. The maximum absolute atomic E-state index is 11.9. The lowest BCUT2D eigenvalue weighted by molar-refractivity contribution is -0.142. The molecule has 0 aromatic rings. The van der Waals surface area contributed by atoms with Crippen LogP contribution >= 0.6 is 11.8 Å². The van der Waals surface area contributed by atoms with Crippen LogP contribution in [0.25, 0.3) is 0 Å². The van der Waals surface area contributed by atoms with Crippen molar-refractivity contribution in [2.75, 3.05) is 31.1 Å². The lowest BCUT2D eigenvalue weighted by Crippen LogP contribution is -2.46. The number of carboxylic acids is 1. The van der Waals surface area contributed by atoms with Crippen LogP contribution in [0.5, 0.6) is 0 Å². The molecular formula is C11H20N2O4S2. The summed E-state index contributed by atoms with van der Waals surface area (Å²) in [5, 5.41) is 8.86. The van der Waals surface area contributed by atoms with Gasteiger partial charge in [-0.25, -0.2) is 4.72 Å². The highest BCUT2D eigenvalue weighted by molar-refractivity contribution is 7.99. The molecule has 8 heteroatoms. The smallest absolute Gasteiger partial charge is 0.306 e. The van der Waals surface area contributed by atoms with Crippen LogP contribution in [-0.4, -0.2) is 54.9 Å². The average molecular weight is 308 g/mol. The van der Waals surface area contributed by atoms with Crippen molar-refractivity contribution in [3.8, 4) is 0 Å². The molecule has 0 aromatic carbocycles. The van der Waals surface area contributed by atoms with Crippen molar-refractivity contribution in [1.29, 1.82) is 0 Å². The maximum Gasteiger partial charge on any atom is 0.306 e. The molecule has 1 saturated heterocycles. The first-order chi connectivity index (χ1) is 8.97. The molecule has 0 bridgehead atoms. The predicted octanol–water partition coefficient (Wildman–Crippen LogP) is 0.537. The molecule has 6 nitrogen and oxygen atoms in total. The normalized spacial score (nSPS) is 18.3. The second kappa shape index (κ2) is 7.88. The minimum absolute atomic E-state index is 0.270. The van der Waals surface area contributed by atoms with E-state index in [1.165, 1.54) is 4.31 Å². The first-order valence-corrected chi connectivity index (χ1v) is 8.73. The fourth-order valence-electron chi connectivity index (χ4n) is 1.84. The second-order valence-corrected chi connectivity index (χ2v) is 7.18. The highest BCUT2D eigenvalue weighted by atomic mass is 32.2. The monoisotopic (exact) mass is 308 g/mol. The van der Waals surface area contributed by atoms with Crippen molar-refractivity contribution >= 4 is 27.9 Å². The zero-order valence-corrected chi connectivity index (χ0v) is 12.4. The van der Waals surface area contributed by atoms with E-state index in [0.29, 0.717) is 25.1 Å². The highest BCUT2D eigenvalue weighted by Gasteiger charge is 2.30. The Morgan fingerprint density at radius 3 is 2.63 bits per heavy atom. The zero-order valence-electron chi connectivity index (χ0n) is 10.7. The Labute approximate surface area is 118 Å². The Hall–Kier alpha value is -0.570. The number of thioether (sulfide) groups is 1. The first kappa shape index (κ1) is 16.5. The molecule has 1 rings (SSSR count). The molecule has 1 heterocycles. The maximum atomic E-state index is 11.9. The van der Waals surface area contributed by atoms with Crippen molar-refractivity contribution in [3.63, 3.8) is 0 Å². The van der Waals surface area contributed by atoms with E-state index in [1.54, 1.807) is 17.8 Å². The minimum atomic E-state index is -3.47. The molecule has 2 N–H and O–H groups in total. The molecule has 110 valence electrons. The summed E-state index contributed by atoms with van der Waals surface area (Å²) < 4.78 is 27.7. The molecule has 0 saturated carbocycles. The Bertz CT molecular complexity index is 403. The predicted molar refractivity (Wildman–Crippen MR) is 76.4 cm³/mol. The Kier molecular flexibility index (Phi) is 6.84. The van der Waals surface area contributed by atoms with Gasteiger partial charge in [0.05, 0.1) is 5.92 Å². The summed E-state index contributed by atoms with van der Waals surface area (Å²) in [7, 11) is -3.47. The van der Waals surface area contributed by atoms with E-state index in [9.17, 15) is 13.2 Å². The largest absolute Gasteiger partial charge is 0.481 e. The number of piperidine rings is 1. The number of carboxylic acid groups (broad SMARTS) is 1. The molecule has 1 fully saturated rings. The fourth-order valence-corrected chi connectivity index (χ4v) is 3.79. The Balaban J connectivity index is 2.34. The lowest BCUT2D eigenvalue weighted by Gasteiger charge is -2.29. The topological polar surface area (TPSA) is 86.7 Å².